The minimum absolute atomic E-state index is 0.0987. The first kappa shape index (κ1) is 17.7. The topological polar surface area (TPSA) is 73.7 Å². The average molecular weight is 388 g/mol. The standard InChI is InChI=1S/C18H18BrN3O2/c1-2-4-13-5-3-6-14(18(13)24)11-21-22-17(23)12-20-16-9-7-15(19)8-10-16/h2-3,5-11,20,24H,1,4,12H2,(H,22,23)/b21-11+. The smallest absolute Gasteiger partial charge is 0.259 e. The Morgan fingerprint density at radius 2 is 2.00 bits per heavy atom. The van der Waals surface area contributed by atoms with Crippen LogP contribution in [-0.2, 0) is 11.2 Å². The fourth-order valence-corrected chi connectivity index (χ4v) is 2.26. The van der Waals surface area contributed by atoms with Crippen molar-refractivity contribution in [2.45, 2.75) is 6.42 Å². The van der Waals surface area contributed by atoms with E-state index in [9.17, 15) is 9.90 Å². The van der Waals surface area contributed by atoms with Crippen LogP contribution < -0.4 is 10.7 Å². The third-order valence-corrected chi connectivity index (χ3v) is 3.73. The summed E-state index contributed by atoms with van der Waals surface area (Å²) in [7, 11) is 0. The molecule has 5 nitrogen and oxygen atoms in total. The number of para-hydroxylation sites is 1. The second kappa shape index (κ2) is 8.88. The molecule has 0 aliphatic carbocycles. The van der Waals surface area contributed by atoms with E-state index >= 15 is 0 Å². The van der Waals surface area contributed by atoms with Gasteiger partial charge in [-0.25, -0.2) is 5.43 Å². The van der Waals surface area contributed by atoms with E-state index in [1.165, 1.54) is 6.21 Å². The molecule has 124 valence electrons. The molecule has 0 spiro atoms. The highest BCUT2D eigenvalue weighted by molar-refractivity contribution is 9.10. The molecule has 0 bridgehead atoms. The summed E-state index contributed by atoms with van der Waals surface area (Å²) in [6.45, 7) is 3.75. The van der Waals surface area contributed by atoms with E-state index in [0.717, 1.165) is 15.7 Å². The predicted octanol–water partition coefficient (Wildman–Crippen LogP) is 3.45. The monoisotopic (exact) mass is 387 g/mol. The van der Waals surface area contributed by atoms with Gasteiger partial charge in [0.15, 0.2) is 0 Å². The first-order chi connectivity index (χ1) is 11.6. The number of hydrogen-bond acceptors (Lipinski definition) is 4. The predicted molar refractivity (Wildman–Crippen MR) is 100 cm³/mol. The van der Waals surface area contributed by atoms with Crippen molar-refractivity contribution in [2.24, 2.45) is 5.10 Å². The lowest BCUT2D eigenvalue weighted by Crippen LogP contribution is -2.25. The van der Waals surface area contributed by atoms with Gasteiger partial charge in [-0.1, -0.05) is 34.1 Å². The van der Waals surface area contributed by atoms with Gasteiger partial charge in [0, 0.05) is 15.7 Å². The number of hydrogen-bond donors (Lipinski definition) is 3. The molecule has 6 heteroatoms. The number of allylic oxidation sites excluding steroid dienone is 1. The Balaban J connectivity index is 1.87. The van der Waals surface area contributed by atoms with Crippen molar-refractivity contribution < 1.29 is 9.90 Å². The molecule has 0 aromatic heterocycles. The molecule has 0 heterocycles. The van der Waals surface area contributed by atoms with E-state index in [-0.39, 0.29) is 18.2 Å². The molecule has 3 N–H and O–H groups in total. The molecule has 0 atom stereocenters. The van der Waals surface area contributed by atoms with Gasteiger partial charge in [-0.3, -0.25) is 4.79 Å². The summed E-state index contributed by atoms with van der Waals surface area (Å²) in [5, 5.41) is 17.0. The highest BCUT2D eigenvalue weighted by Crippen LogP contribution is 2.21. The Morgan fingerprint density at radius 3 is 2.71 bits per heavy atom. The molecule has 2 rings (SSSR count). The van der Waals surface area contributed by atoms with E-state index in [4.69, 9.17) is 0 Å². The Kier molecular flexibility index (Phi) is 6.57. The Bertz CT molecular complexity index is 742. The van der Waals surface area contributed by atoms with Crippen LogP contribution in [0.4, 0.5) is 5.69 Å². The van der Waals surface area contributed by atoms with Gasteiger partial charge in [0.05, 0.1) is 12.8 Å². The number of carbonyl (C=O) groups is 1. The maximum atomic E-state index is 11.8. The van der Waals surface area contributed by atoms with Crippen molar-refractivity contribution in [3.63, 3.8) is 0 Å². The third-order valence-electron chi connectivity index (χ3n) is 3.21. The van der Waals surface area contributed by atoms with Crippen molar-refractivity contribution in [2.75, 3.05) is 11.9 Å². The number of halogens is 1. The van der Waals surface area contributed by atoms with E-state index in [0.29, 0.717) is 12.0 Å². The number of phenols is 1. The van der Waals surface area contributed by atoms with Gasteiger partial charge in [-0.15, -0.1) is 6.58 Å². The van der Waals surface area contributed by atoms with Crippen molar-refractivity contribution in [1.29, 1.82) is 0 Å². The van der Waals surface area contributed by atoms with Gasteiger partial charge in [0.2, 0.25) is 0 Å². The molecular formula is C18H18BrN3O2. The molecule has 1 amide bonds. The summed E-state index contributed by atoms with van der Waals surface area (Å²) >= 11 is 3.35. The van der Waals surface area contributed by atoms with Crippen LogP contribution in [0.2, 0.25) is 0 Å². The van der Waals surface area contributed by atoms with Crippen molar-refractivity contribution in [3.05, 3.63) is 70.7 Å². The Hall–Kier alpha value is -2.60. The minimum atomic E-state index is -0.282. The van der Waals surface area contributed by atoms with E-state index in [2.05, 4.69) is 38.4 Å². The van der Waals surface area contributed by atoms with Gasteiger partial charge < -0.3 is 10.4 Å². The van der Waals surface area contributed by atoms with Crippen LogP contribution in [0.25, 0.3) is 0 Å². The zero-order chi connectivity index (χ0) is 17.4. The maximum Gasteiger partial charge on any atom is 0.259 e. The number of anilines is 1. The molecule has 0 aliphatic rings. The molecule has 2 aromatic rings. The fourth-order valence-electron chi connectivity index (χ4n) is 2.00. The number of phenolic OH excluding ortho intramolecular Hbond substituents is 1. The zero-order valence-electron chi connectivity index (χ0n) is 13.0. The summed E-state index contributed by atoms with van der Waals surface area (Å²) in [6, 6.07) is 12.9. The minimum Gasteiger partial charge on any atom is -0.507 e. The summed E-state index contributed by atoms with van der Waals surface area (Å²) in [5.74, 6) is -0.140. The molecule has 0 unspecified atom stereocenters. The summed E-state index contributed by atoms with van der Waals surface area (Å²) in [4.78, 5) is 11.8. The van der Waals surface area contributed by atoms with Crippen molar-refractivity contribution in [1.82, 2.24) is 5.43 Å². The lowest BCUT2D eigenvalue weighted by molar-refractivity contribution is -0.119. The number of benzene rings is 2. The molecule has 0 fully saturated rings. The third kappa shape index (κ3) is 5.24. The van der Waals surface area contributed by atoms with E-state index in [1.54, 1.807) is 12.1 Å². The number of amides is 1. The number of rotatable bonds is 7. The van der Waals surface area contributed by atoms with E-state index in [1.807, 2.05) is 36.4 Å². The molecular weight excluding hydrogens is 370 g/mol. The van der Waals surface area contributed by atoms with Gasteiger partial charge in [-0.05, 0) is 42.3 Å². The van der Waals surface area contributed by atoms with Crippen LogP contribution in [0.1, 0.15) is 11.1 Å². The molecule has 0 radical (unpaired) electrons. The van der Waals surface area contributed by atoms with Crippen LogP contribution in [0.15, 0.2) is 64.7 Å². The first-order valence-corrected chi connectivity index (χ1v) is 8.12. The number of nitrogens with zero attached hydrogens (tertiary/aromatic N) is 1. The lowest BCUT2D eigenvalue weighted by Gasteiger charge is -2.06. The molecule has 2 aromatic carbocycles. The first-order valence-electron chi connectivity index (χ1n) is 7.33. The van der Waals surface area contributed by atoms with Crippen LogP contribution in [0, 0.1) is 0 Å². The van der Waals surface area contributed by atoms with Gasteiger partial charge in [-0.2, -0.15) is 5.10 Å². The maximum absolute atomic E-state index is 11.8. The van der Waals surface area contributed by atoms with Crippen molar-refractivity contribution >= 4 is 33.7 Å². The molecule has 0 aliphatic heterocycles. The fraction of sp³-hybridized carbons (Fsp3) is 0.111. The largest absolute Gasteiger partial charge is 0.507 e. The Labute approximate surface area is 149 Å². The van der Waals surface area contributed by atoms with Crippen LogP contribution in [0.5, 0.6) is 5.75 Å². The van der Waals surface area contributed by atoms with Crippen LogP contribution in [-0.4, -0.2) is 23.8 Å². The molecule has 0 saturated heterocycles. The quantitative estimate of drug-likeness (QED) is 0.387. The zero-order valence-corrected chi connectivity index (χ0v) is 14.6. The lowest BCUT2D eigenvalue weighted by atomic mass is 10.1. The number of nitrogens with one attached hydrogen (secondary N) is 2. The number of carbonyl (C=O) groups excluding carboxylic acids is 1. The van der Waals surface area contributed by atoms with Gasteiger partial charge >= 0.3 is 0 Å². The second-order valence-corrected chi connectivity index (χ2v) is 5.92. The summed E-state index contributed by atoms with van der Waals surface area (Å²) < 4.78 is 0.973. The normalized spacial score (nSPS) is 10.5. The van der Waals surface area contributed by atoms with Crippen LogP contribution in [0.3, 0.4) is 0 Å². The average Bonchev–Trinajstić information content (AvgIpc) is 2.58. The highest BCUT2D eigenvalue weighted by Gasteiger charge is 2.04. The van der Waals surface area contributed by atoms with Gasteiger partial charge in [0.1, 0.15) is 5.75 Å². The van der Waals surface area contributed by atoms with Crippen LogP contribution >= 0.6 is 15.9 Å². The van der Waals surface area contributed by atoms with E-state index < -0.39 is 0 Å². The summed E-state index contributed by atoms with van der Waals surface area (Å²) in [5.41, 5.74) is 4.56. The molecule has 0 saturated carbocycles. The number of aromatic hydroxyl groups is 1. The number of hydrazone groups is 1. The molecule has 24 heavy (non-hydrogen) atoms. The van der Waals surface area contributed by atoms with Crippen molar-refractivity contribution in [3.8, 4) is 5.75 Å². The Morgan fingerprint density at radius 1 is 1.25 bits per heavy atom. The van der Waals surface area contributed by atoms with Gasteiger partial charge in [0.25, 0.3) is 5.91 Å². The summed E-state index contributed by atoms with van der Waals surface area (Å²) in [6.07, 6.45) is 3.70. The second-order valence-electron chi connectivity index (χ2n) is 5.00. The highest BCUT2D eigenvalue weighted by atomic mass is 79.9. The SMILES string of the molecule is C=CCc1cccc(/C=N/NC(=O)CNc2ccc(Br)cc2)c1O.